The molecule has 0 bridgehead atoms. The highest BCUT2D eigenvalue weighted by Crippen LogP contribution is 2.06. The van der Waals surface area contributed by atoms with Gasteiger partial charge in [0.1, 0.15) is 9.92 Å². The Kier molecular flexibility index (Phi) is 1.74. The normalized spacial score (nSPS) is 26.4. The number of nitrogens with two attached hydrogens (primary N) is 1. The largest absolute Gasteiger partial charge is 0.244 e. The first kappa shape index (κ1) is 6.98. The molecule has 1 aliphatic heterocycles. The molecule has 0 radical (unpaired) electrons. The Balaban J connectivity index is 2.57. The second-order valence-electron chi connectivity index (χ2n) is 2.25. The van der Waals surface area contributed by atoms with E-state index in [-0.39, 0.29) is 0 Å². The first-order chi connectivity index (χ1) is 4.08. The lowest BCUT2D eigenvalue weighted by Gasteiger charge is -2.24. The van der Waals surface area contributed by atoms with Crippen molar-refractivity contribution in [1.29, 1.82) is 0 Å². The lowest BCUT2D eigenvalue weighted by Crippen LogP contribution is -2.34. The van der Waals surface area contributed by atoms with Crippen LogP contribution in [0, 0.1) is 0 Å². The van der Waals surface area contributed by atoms with E-state index in [1.807, 2.05) is 0 Å². The van der Waals surface area contributed by atoms with Crippen LogP contribution in [0.2, 0.25) is 0 Å². The fraction of sp³-hybridized carbons (Fsp3) is 1.00. The molecule has 0 saturated carbocycles. The topological polar surface area (TPSA) is 58.7 Å². The molecular weight excluding hydrogens is 138 g/mol. The fourth-order valence-electron chi connectivity index (χ4n) is 0.610. The molecule has 0 aliphatic carbocycles. The highest BCUT2D eigenvalue weighted by Gasteiger charge is 2.12. The predicted octanol–water partition coefficient (Wildman–Crippen LogP) is -0.421. The zero-order valence-electron chi connectivity index (χ0n) is 5.41. The molecule has 0 amide bonds. The highest BCUT2D eigenvalue weighted by molar-refractivity contribution is 7.90. The number of nitrogens with zero attached hydrogens (tertiary/aromatic N) is 2. The van der Waals surface area contributed by atoms with Crippen LogP contribution in [0.15, 0.2) is 4.47 Å². The second-order valence-corrected chi connectivity index (χ2v) is 4.14. The first-order valence-electron chi connectivity index (χ1n) is 2.83. The van der Waals surface area contributed by atoms with Gasteiger partial charge in [-0.3, -0.25) is 0 Å². The predicted molar refractivity (Wildman–Crippen MR) is 36.9 cm³/mol. The van der Waals surface area contributed by atoms with Gasteiger partial charge in [-0.05, 0) is 6.42 Å². The lowest BCUT2D eigenvalue weighted by atomic mass is 10.3. The summed E-state index contributed by atoms with van der Waals surface area (Å²) in [5.74, 6) is 0. The van der Waals surface area contributed by atoms with Crippen molar-refractivity contribution in [3.8, 4) is 0 Å². The molecular formula is C4H11N3OS. The maximum absolute atomic E-state index is 10.8. The van der Waals surface area contributed by atoms with E-state index < -0.39 is 9.92 Å². The smallest absolute Gasteiger partial charge is 0.118 e. The number of hydrogen-bond acceptors (Lipinski definition) is 2. The molecule has 4 nitrogen and oxygen atoms in total. The molecule has 1 heterocycles. The van der Waals surface area contributed by atoms with Crippen molar-refractivity contribution in [3.63, 3.8) is 0 Å². The summed E-state index contributed by atoms with van der Waals surface area (Å²) in [6.45, 7) is 1.81. The Morgan fingerprint density at radius 3 is 2.33 bits per heavy atom. The van der Waals surface area contributed by atoms with Crippen LogP contribution < -0.4 is 5.14 Å². The SMILES string of the molecule is CS(N)(=O)=NN1CCC1. The van der Waals surface area contributed by atoms with E-state index in [0.29, 0.717) is 0 Å². The summed E-state index contributed by atoms with van der Waals surface area (Å²) in [4.78, 5) is 0. The lowest BCUT2D eigenvalue weighted by molar-refractivity contribution is 0.194. The van der Waals surface area contributed by atoms with Crippen LogP contribution in [0.25, 0.3) is 0 Å². The maximum atomic E-state index is 10.8. The van der Waals surface area contributed by atoms with E-state index in [1.165, 1.54) is 6.26 Å². The Labute approximate surface area is 55.3 Å². The van der Waals surface area contributed by atoms with Crippen LogP contribution in [0.1, 0.15) is 6.42 Å². The van der Waals surface area contributed by atoms with Crippen LogP contribution in [0.3, 0.4) is 0 Å². The molecule has 1 aliphatic rings. The molecule has 5 heteroatoms. The van der Waals surface area contributed by atoms with Crippen LogP contribution in [-0.2, 0) is 9.92 Å². The van der Waals surface area contributed by atoms with Gasteiger partial charge in [0.05, 0.1) is 0 Å². The van der Waals surface area contributed by atoms with E-state index in [9.17, 15) is 4.21 Å². The van der Waals surface area contributed by atoms with E-state index in [0.717, 1.165) is 19.5 Å². The van der Waals surface area contributed by atoms with Crippen molar-refractivity contribution in [2.45, 2.75) is 6.42 Å². The van der Waals surface area contributed by atoms with Gasteiger partial charge in [0.15, 0.2) is 0 Å². The van der Waals surface area contributed by atoms with Gasteiger partial charge in [0, 0.05) is 19.3 Å². The zero-order chi connectivity index (χ0) is 6.91. The van der Waals surface area contributed by atoms with Crippen molar-refractivity contribution >= 4 is 9.92 Å². The van der Waals surface area contributed by atoms with Gasteiger partial charge in [-0.2, -0.15) is 5.01 Å². The van der Waals surface area contributed by atoms with Gasteiger partial charge in [0.2, 0.25) is 0 Å². The molecule has 0 aromatic carbocycles. The molecule has 0 aromatic heterocycles. The minimum Gasteiger partial charge on any atom is -0.244 e. The Bertz CT molecular complexity index is 194. The summed E-state index contributed by atoms with van der Waals surface area (Å²) in [5, 5.41) is 6.90. The number of rotatable bonds is 1. The van der Waals surface area contributed by atoms with E-state index in [1.54, 1.807) is 5.01 Å². The average molecular weight is 149 g/mol. The van der Waals surface area contributed by atoms with Gasteiger partial charge in [-0.1, -0.05) is 0 Å². The first-order valence-corrected chi connectivity index (χ1v) is 4.81. The molecule has 0 spiro atoms. The molecule has 2 N–H and O–H groups in total. The molecule has 1 saturated heterocycles. The Morgan fingerprint density at radius 1 is 1.67 bits per heavy atom. The molecule has 1 atom stereocenters. The summed E-state index contributed by atoms with van der Waals surface area (Å²) >= 11 is 0. The molecule has 1 fully saturated rings. The van der Waals surface area contributed by atoms with Crippen molar-refractivity contribution in [2.24, 2.45) is 9.61 Å². The summed E-state index contributed by atoms with van der Waals surface area (Å²) in [5.41, 5.74) is 0. The third kappa shape index (κ3) is 2.30. The third-order valence-corrected chi connectivity index (χ3v) is 1.67. The highest BCUT2D eigenvalue weighted by atomic mass is 32.2. The van der Waals surface area contributed by atoms with E-state index in [2.05, 4.69) is 4.47 Å². The van der Waals surface area contributed by atoms with Crippen molar-refractivity contribution in [3.05, 3.63) is 0 Å². The van der Waals surface area contributed by atoms with Crippen LogP contribution >= 0.6 is 0 Å². The van der Waals surface area contributed by atoms with Gasteiger partial charge in [-0.25, -0.2) is 9.35 Å². The Hall–Kier alpha value is -0.130. The average Bonchev–Trinajstić information content (AvgIpc) is 1.53. The van der Waals surface area contributed by atoms with Gasteiger partial charge >= 0.3 is 0 Å². The van der Waals surface area contributed by atoms with Gasteiger partial charge in [-0.15, -0.1) is 4.47 Å². The third-order valence-electron chi connectivity index (χ3n) is 1.11. The van der Waals surface area contributed by atoms with Crippen LogP contribution in [-0.4, -0.2) is 28.6 Å². The monoisotopic (exact) mass is 149 g/mol. The van der Waals surface area contributed by atoms with E-state index in [4.69, 9.17) is 5.14 Å². The Morgan fingerprint density at radius 2 is 2.22 bits per heavy atom. The van der Waals surface area contributed by atoms with E-state index >= 15 is 0 Å². The van der Waals surface area contributed by atoms with Crippen LogP contribution in [0.4, 0.5) is 0 Å². The fourth-order valence-corrected chi connectivity index (χ4v) is 1.23. The summed E-state index contributed by atoms with van der Waals surface area (Å²) in [7, 11) is -2.38. The second kappa shape index (κ2) is 2.24. The van der Waals surface area contributed by atoms with Crippen molar-refractivity contribution < 1.29 is 4.21 Å². The summed E-state index contributed by atoms with van der Waals surface area (Å²) < 4.78 is 14.5. The van der Waals surface area contributed by atoms with Crippen molar-refractivity contribution in [1.82, 2.24) is 5.01 Å². The molecule has 0 aromatic rings. The minimum absolute atomic E-state index is 0.905. The summed E-state index contributed by atoms with van der Waals surface area (Å²) in [6.07, 6.45) is 2.57. The minimum atomic E-state index is -2.38. The quantitative estimate of drug-likeness (QED) is 0.550. The zero-order valence-corrected chi connectivity index (χ0v) is 6.23. The van der Waals surface area contributed by atoms with Crippen molar-refractivity contribution in [2.75, 3.05) is 19.3 Å². The number of hydrogen-bond donors (Lipinski definition) is 1. The molecule has 1 rings (SSSR count). The van der Waals surface area contributed by atoms with Gasteiger partial charge < -0.3 is 0 Å². The molecule has 1 unspecified atom stereocenters. The van der Waals surface area contributed by atoms with Crippen LogP contribution in [0.5, 0.6) is 0 Å². The maximum Gasteiger partial charge on any atom is 0.118 e. The standard InChI is InChI=1S/C4H11N3OS/c1-9(5,8)6-7-3-2-4-7/h2-4H2,1H3,(H2,5,6,8). The van der Waals surface area contributed by atoms with Gasteiger partial charge in [0.25, 0.3) is 0 Å². The summed E-state index contributed by atoms with van der Waals surface area (Å²) in [6, 6.07) is 0. The molecule has 54 valence electrons. The molecule has 9 heavy (non-hydrogen) atoms.